The second-order valence-electron chi connectivity index (χ2n) is 10.9. The molecule has 0 aromatic heterocycles. The van der Waals surface area contributed by atoms with Gasteiger partial charge in [0.1, 0.15) is 6.17 Å². The topological polar surface area (TPSA) is 78.5 Å². The van der Waals surface area contributed by atoms with Crippen LogP contribution in [0.2, 0.25) is 0 Å². The Morgan fingerprint density at radius 3 is 2.20 bits per heavy atom. The highest BCUT2D eigenvalue weighted by molar-refractivity contribution is 5.95. The maximum absolute atomic E-state index is 13.8. The number of hydrogen-bond donors (Lipinski definition) is 2. The summed E-state index contributed by atoms with van der Waals surface area (Å²) in [6, 6.07) is 32.9. The van der Waals surface area contributed by atoms with Gasteiger partial charge in [0, 0.05) is 25.1 Å². The number of hydrogen-bond acceptors (Lipinski definition) is 3. The number of benzene rings is 4. The van der Waals surface area contributed by atoms with Crippen LogP contribution >= 0.6 is 0 Å². The van der Waals surface area contributed by atoms with Gasteiger partial charge in [-0.1, -0.05) is 104 Å². The molecule has 0 bridgehead atoms. The monoisotopic (exact) mass is 547 g/mol. The fourth-order valence-corrected chi connectivity index (χ4v) is 5.67. The zero-order valence-corrected chi connectivity index (χ0v) is 23.5. The highest BCUT2D eigenvalue weighted by Gasteiger charge is 2.34. The molecule has 1 fully saturated rings. The van der Waals surface area contributed by atoms with Gasteiger partial charge in [-0.05, 0) is 46.9 Å². The van der Waals surface area contributed by atoms with Crippen molar-refractivity contribution in [1.29, 1.82) is 0 Å². The first-order valence-electron chi connectivity index (χ1n) is 14.4. The predicted molar refractivity (Wildman–Crippen MR) is 162 cm³/mol. The molecule has 1 aliphatic carbocycles. The van der Waals surface area contributed by atoms with E-state index in [0.29, 0.717) is 18.4 Å². The number of likely N-dealkylation sites (N-methyl/N-ethyl adjacent to an activating group) is 1. The van der Waals surface area contributed by atoms with Gasteiger partial charge >= 0.3 is 0 Å². The SMILES string of the molecule is CN(C(=O)Cc1ccccc1)C(Cc1ccc2ccccc2c1)NC(=O)[C@H]1CCCC[C@H]1NC(=O)c1ccccc1. The number of carbonyl (C=O) groups excluding carboxylic acids is 3. The lowest BCUT2D eigenvalue weighted by atomic mass is 9.83. The van der Waals surface area contributed by atoms with Gasteiger partial charge in [-0.15, -0.1) is 0 Å². The zero-order chi connectivity index (χ0) is 28.6. The number of carbonyl (C=O) groups is 3. The molecule has 0 aliphatic heterocycles. The molecule has 0 saturated heterocycles. The Balaban J connectivity index is 1.35. The van der Waals surface area contributed by atoms with Crippen LogP contribution in [0.3, 0.4) is 0 Å². The molecular weight excluding hydrogens is 510 g/mol. The lowest BCUT2D eigenvalue weighted by molar-refractivity contribution is -0.135. The molecule has 6 heteroatoms. The van der Waals surface area contributed by atoms with E-state index in [-0.39, 0.29) is 36.1 Å². The second kappa shape index (κ2) is 13.3. The van der Waals surface area contributed by atoms with Gasteiger partial charge in [0.15, 0.2) is 0 Å². The zero-order valence-electron chi connectivity index (χ0n) is 23.5. The van der Waals surface area contributed by atoms with Crippen LogP contribution in [0.4, 0.5) is 0 Å². The van der Waals surface area contributed by atoms with E-state index in [1.807, 2.05) is 60.7 Å². The Bertz CT molecular complexity index is 1490. The summed E-state index contributed by atoms with van der Waals surface area (Å²) in [4.78, 5) is 41.8. The van der Waals surface area contributed by atoms with Crippen LogP contribution in [0, 0.1) is 5.92 Å². The van der Waals surface area contributed by atoms with E-state index < -0.39 is 6.17 Å². The molecule has 2 N–H and O–H groups in total. The second-order valence-corrected chi connectivity index (χ2v) is 10.9. The first-order chi connectivity index (χ1) is 20.0. The van der Waals surface area contributed by atoms with Gasteiger partial charge in [-0.25, -0.2) is 0 Å². The normalized spacial score (nSPS) is 17.4. The Morgan fingerprint density at radius 2 is 1.44 bits per heavy atom. The number of fused-ring (bicyclic) bond motifs is 1. The largest absolute Gasteiger partial charge is 0.349 e. The van der Waals surface area contributed by atoms with Crippen molar-refractivity contribution in [3.63, 3.8) is 0 Å². The van der Waals surface area contributed by atoms with E-state index in [4.69, 9.17) is 0 Å². The minimum absolute atomic E-state index is 0.0696. The Hall–Kier alpha value is -4.45. The Kier molecular flexibility index (Phi) is 9.09. The third-order valence-corrected chi connectivity index (χ3v) is 8.07. The molecule has 210 valence electrons. The van der Waals surface area contributed by atoms with Gasteiger partial charge in [-0.2, -0.15) is 0 Å². The average molecular weight is 548 g/mol. The minimum Gasteiger partial charge on any atom is -0.349 e. The van der Waals surface area contributed by atoms with Gasteiger partial charge in [0.05, 0.1) is 12.3 Å². The van der Waals surface area contributed by atoms with Crippen molar-refractivity contribution >= 4 is 28.5 Å². The molecule has 4 aromatic rings. The van der Waals surface area contributed by atoms with Gasteiger partial charge in [-0.3, -0.25) is 14.4 Å². The molecule has 1 unspecified atom stereocenters. The first-order valence-corrected chi connectivity index (χ1v) is 14.4. The Labute approximate surface area is 241 Å². The summed E-state index contributed by atoms with van der Waals surface area (Å²) in [5, 5.41) is 8.58. The summed E-state index contributed by atoms with van der Waals surface area (Å²) in [5.41, 5.74) is 2.54. The lowest BCUT2D eigenvalue weighted by Gasteiger charge is -2.35. The standard InChI is InChI=1S/C35H37N3O3/c1-38(33(39)24-25-12-4-2-5-13-25)32(23-26-20-21-27-14-8-9-17-29(27)22-26)37-35(41)30-18-10-11-19-31(30)36-34(40)28-15-6-3-7-16-28/h2-9,12-17,20-22,30-32H,10-11,18-19,23-24H2,1H3,(H,36,40)(H,37,41)/t30-,31+,32?/m0/s1. The number of rotatable bonds is 9. The van der Waals surface area contributed by atoms with Crippen molar-refractivity contribution in [2.75, 3.05) is 7.05 Å². The Morgan fingerprint density at radius 1 is 0.780 bits per heavy atom. The van der Waals surface area contributed by atoms with Crippen molar-refractivity contribution in [3.8, 4) is 0 Å². The third-order valence-electron chi connectivity index (χ3n) is 8.07. The van der Waals surface area contributed by atoms with Gasteiger partial charge in [0.2, 0.25) is 11.8 Å². The van der Waals surface area contributed by atoms with Crippen LogP contribution in [0.1, 0.15) is 47.2 Å². The minimum atomic E-state index is -0.535. The molecule has 6 nitrogen and oxygen atoms in total. The highest BCUT2D eigenvalue weighted by Crippen LogP contribution is 2.26. The van der Waals surface area contributed by atoms with Crippen LogP contribution in [0.25, 0.3) is 10.8 Å². The smallest absolute Gasteiger partial charge is 0.251 e. The van der Waals surface area contributed by atoms with Crippen molar-refractivity contribution < 1.29 is 14.4 Å². The van der Waals surface area contributed by atoms with E-state index >= 15 is 0 Å². The maximum Gasteiger partial charge on any atom is 0.251 e. The summed E-state index contributed by atoms with van der Waals surface area (Å²) in [6.07, 6.45) is 3.51. The fraction of sp³-hybridized carbons (Fsp3) is 0.286. The highest BCUT2D eigenvalue weighted by atomic mass is 16.2. The van der Waals surface area contributed by atoms with Crippen molar-refractivity contribution in [2.45, 2.75) is 50.7 Å². The van der Waals surface area contributed by atoms with E-state index in [0.717, 1.165) is 41.2 Å². The van der Waals surface area contributed by atoms with Crippen molar-refractivity contribution in [2.24, 2.45) is 5.92 Å². The summed E-state index contributed by atoms with van der Waals surface area (Å²) in [5.74, 6) is -0.737. The predicted octanol–water partition coefficient (Wildman–Crippen LogP) is 5.51. The van der Waals surface area contributed by atoms with Crippen LogP contribution in [0.5, 0.6) is 0 Å². The lowest BCUT2D eigenvalue weighted by Crippen LogP contribution is -2.55. The van der Waals surface area contributed by atoms with E-state index in [9.17, 15) is 14.4 Å². The van der Waals surface area contributed by atoms with E-state index in [2.05, 4.69) is 41.0 Å². The molecule has 5 rings (SSSR count). The molecule has 1 aliphatic rings. The van der Waals surface area contributed by atoms with Crippen LogP contribution < -0.4 is 10.6 Å². The van der Waals surface area contributed by atoms with Crippen molar-refractivity contribution in [1.82, 2.24) is 15.5 Å². The number of amides is 3. The molecule has 0 spiro atoms. The summed E-state index contributed by atoms with van der Waals surface area (Å²) in [6.45, 7) is 0. The van der Waals surface area contributed by atoms with E-state index in [1.165, 1.54) is 0 Å². The molecule has 3 atom stereocenters. The summed E-state index contributed by atoms with van der Waals surface area (Å²) in [7, 11) is 1.76. The third kappa shape index (κ3) is 7.20. The fourth-order valence-electron chi connectivity index (χ4n) is 5.67. The molecule has 1 saturated carbocycles. The maximum atomic E-state index is 13.8. The molecule has 4 aromatic carbocycles. The molecule has 3 amide bonds. The van der Waals surface area contributed by atoms with Gasteiger partial charge in [0.25, 0.3) is 5.91 Å². The summed E-state index contributed by atoms with van der Waals surface area (Å²) >= 11 is 0. The van der Waals surface area contributed by atoms with Crippen molar-refractivity contribution in [3.05, 3.63) is 120 Å². The first kappa shape index (κ1) is 28.1. The summed E-state index contributed by atoms with van der Waals surface area (Å²) < 4.78 is 0. The molecule has 0 radical (unpaired) electrons. The number of nitrogens with one attached hydrogen (secondary N) is 2. The van der Waals surface area contributed by atoms with Crippen LogP contribution in [-0.2, 0) is 22.4 Å². The molecular formula is C35H37N3O3. The number of nitrogens with zero attached hydrogens (tertiary/aromatic N) is 1. The molecule has 0 heterocycles. The molecule has 41 heavy (non-hydrogen) atoms. The van der Waals surface area contributed by atoms with Gasteiger partial charge < -0.3 is 15.5 Å². The van der Waals surface area contributed by atoms with Crippen LogP contribution in [-0.4, -0.2) is 41.9 Å². The van der Waals surface area contributed by atoms with E-state index in [1.54, 1.807) is 24.1 Å². The quantitative estimate of drug-likeness (QED) is 0.271. The average Bonchev–Trinajstić information content (AvgIpc) is 3.01. The van der Waals surface area contributed by atoms with Crippen LogP contribution in [0.15, 0.2) is 103 Å².